The number of halogens is 1. The van der Waals surface area contributed by atoms with E-state index in [1.54, 1.807) is 6.08 Å². The number of hydrogen-bond acceptors (Lipinski definition) is 2. The lowest BCUT2D eigenvalue weighted by Gasteiger charge is -2.14. The quantitative estimate of drug-likeness (QED) is 0.564. The first-order chi connectivity index (χ1) is 5.27. The van der Waals surface area contributed by atoms with Crippen LogP contribution in [0.5, 0.6) is 0 Å². The Morgan fingerprint density at radius 3 is 3.00 bits per heavy atom. The summed E-state index contributed by atoms with van der Waals surface area (Å²) in [7, 11) is 1.44. The standard InChI is InChI=1S/C8H9FO2/c1-11-8-3-2-6(5-10)4-7(8)9/h2,4-5,8H,3H2,1H3. The highest BCUT2D eigenvalue weighted by Crippen LogP contribution is 2.19. The van der Waals surface area contributed by atoms with Crippen molar-refractivity contribution in [2.24, 2.45) is 0 Å². The van der Waals surface area contributed by atoms with Gasteiger partial charge in [0.25, 0.3) is 0 Å². The van der Waals surface area contributed by atoms with Crippen molar-refractivity contribution in [2.45, 2.75) is 12.5 Å². The lowest BCUT2D eigenvalue weighted by atomic mass is 10.1. The molecule has 0 spiro atoms. The number of ether oxygens (including phenoxy) is 1. The zero-order chi connectivity index (χ0) is 8.27. The second-order valence-electron chi connectivity index (χ2n) is 2.31. The molecule has 0 aromatic rings. The smallest absolute Gasteiger partial charge is 0.149 e. The van der Waals surface area contributed by atoms with Crippen molar-refractivity contribution in [1.82, 2.24) is 0 Å². The summed E-state index contributed by atoms with van der Waals surface area (Å²) in [6.45, 7) is 0. The molecule has 1 aliphatic rings. The minimum Gasteiger partial charge on any atom is -0.374 e. The molecule has 1 aliphatic carbocycles. The highest BCUT2D eigenvalue weighted by molar-refractivity contribution is 5.78. The summed E-state index contributed by atoms with van der Waals surface area (Å²) in [6, 6.07) is 0. The predicted molar refractivity (Wildman–Crippen MR) is 38.8 cm³/mol. The van der Waals surface area contributed by atoms with Crippen molar-refractivity contribution in [1.29, 1.82) is 0 Å². The molecule has 2 nitrogen and oxygen atoms in total. The molecule has 0 fully saturated rings. The molecule has 0 N–H and O–H groups in total. The first kappa shape index (κ1) is 8.14. The molecule has 0 radical (unpaired) electrons. The molecule has 60 valence electrons. The average Bonchev–Trinajstić information content (AvgIpc) is 2.04. The molecule has 1 rings (SSSR count). The van der Waals surface area contributed by atoms with Crippen LogP contribution in [0.2, 0.25) is 0 Å². The normalized spacial score (nSPS) is 24.0. The summed E-state index contributed by atoms with van der Waals surface area (Å²) in [6.07, 6.45) is 3.42. The van der Waals surface area contributed by atoms with Gasteiger partial charge in [-0.2, -0.15) is 0 Å². The highest BCUT2D eigenvalue weighted by Gasteiger charge is 2.16. The van der Waals surface area contributed by atoms with E-state index in [-0.39, 0.29) is 5.83 Å². The van der Waals surface area contributed by atoms with Crippen LogP contribution in [-0.2, 0) is 9.53 Å². The van der Waals surface area contributed by atoms with Gasteiger partial charge in [-0.15, -0.1) is 0 Å². The fourth-order valence-corrected chi connectivity index (χ4v) is 0.958. The summed E-state index contributed by atoms with van der Waals surface area (Å²) >= 11 is 0. The summed E-state index contributed by atoms with van der Waals surface area (Å²) < 4.78 is 17.6. The van der Waals surface area contributed by atoms with Gasteiger partial charge >= 0.3 is 0 Å². The van der Waals surface area contributed by atoms with E-state index in [0.29, 0.717) is 18.3 Å². The molecule has 0 saturated heterocycles. The summed E-state index contributed by atoms with van der Waals surface area (Å²) in [5.41, 5.74) is 0.385. The Morgan fingerprint density at radius 1 is 1.82 bits per heavy atom. The van der Waals surface area contributed by atoms with Crippen LogP contribution in [0, 0.1) is 0 Å². The third-order valence-corrected chi connectivity index (χ3v) is 1.60. The topological polar surface area (TPSA) is 26.3 Å². The van der Waals surface area contributed by atoms with Crippen LogP contribution >= 0.6 is 0 Å². The Balaban J connectivity index is 2.73. The molecule has 1 unspecified atom stereocenters. The van der Waals surface area contributed by atoms with Crippen molar-refractivity contribution in [2.75, 3.05) is 7.11 Å². The molecule has 11 heavy (non-hydrogen) atoms. The van der Waals surface area contributed by atoms with Gasteiger partial charge in [0.2, 0.25) is 0 Å². The minimum absolute atomic E-state index is 0.378. The van der Waals surface area contributed by atoms with E-state index in [9.17, 15) is 9.18 Å². The van der Waals surface area contributed by atoms with Gasteiger partial charge in [0.05, 0.1) is 0 Å². The Kier molecular flexibility index (Phi) is 2.54. The van der Waals surface area contributed by atoms with E-state index in [1.165, 1.54) is 13.2 Å². The zero-order valence-electron chi connectivity index (χ0n) is 6.21. The Bertz CT molecular complexity index is 218. The van der Waals surface area contributed by atoms with Gasteiger partial charge < -0.3 is 4.74 Å². The first-order valence-corrected chi connectivity index (χ1v) is 3.33. The van der Waals surface area contributed by atoms with E-state index in [4.69, 9.17) is 4.74 Å². The number of carbonyl (C=O) groups excluding carboxylic acids is 1. The largest absolute Gasteiger partial charge is 0.374 e. The van der Waals surface area contributed by atoms with E-state index in [1.807, 2.05) is 0 Å². The van der Waals surface area contributed by atoms with E-state index in [0.717, 1.165) is 0 Å². The summed E-state index contributed by atoms with van der Waals surface area (Å²) in [4.78, 5) is 10.2. The van der Waals surface area contributed by atoms with Crippen LogP contribution in [0.1, 0.15) is 6.42 Å². The van der Waals surface area contributed by atoms with Gasteiger partial charge in [-0.25, -0.2) is 4.39 Å². The SMILES string of the molecule is COC1CC=C(C=O)C=C1F. The number of allylic oxidation sites excluding steroid dienone is 2. The molecule has 0 amide bonds. The maximum atomic E-state index is 12.8. The van der Waals surface area contributed by atoms with Crippen molar-refractivity contribution < 1.29 is 13.9 Å². The maximum absolute atomic E-state index is 12.8. The second-order valence-corrected chi connectivity index (χ2v) is 2.31. The third-order valence-electron chi connectivity index (χ3n) is 1.60. The first-order valence-electron chi connectivity index (χ1n) is 3.33. The highest BCUT2D eigenvalue weighted by atomic mass is 19.1. The maximum Gasteiger partial charge on any atom is 0.149 e. The molecular formula is C8H9FO2. The van der Waals surface area contributed by atoms with Crippen LogP contribution in [0.25, 0.3) is 0 Å². The van der Waals surface area contributed by atoms with Gasteiger partial charge in [-0.05, 0) is 12.5 Å². The molecule has 0 aromatic carbocycles. The van der Waals surface area contributed by atoms with E-state index >= 15 is 0 Å². The van der Waals surface area contributed by atoms with Crippen LogP contribution in [0.3, 0.4) is 0 Å². The van der Waals surface area contributed by atoms with Crippen molar-refractivity contribution in [3.63, 3.8) is 0 Å². The number of aldehydes is 1. The number of methoxy groups -OCH3 is 1. The molecule has 0 aliphatic heterocycles. The van der Waals surface area contributed by atoms with Crippen molar-refractivity contribution >= 4 is 6.29 Å². The van der Waals surface area contributed by atoms with Crippen LogP contribution in [-0.4, -0.2) is 19.5 Å². The Hall–Kier alpha value is -0.960. The molecule has 1 atom stereocenters. The number of rotatable bonds is 2. The van der Waals surface area contributed by atoms with Crippen LogP contribution in [0.4, 0.5) is 4.39 Å². The van der Waals surface area contributed by atoms with Crippen LogP contribution < -0.4 is 0 Å². The fraction of sp³-hybridized carbons (Fsp3) is 0.375. The summed E-state index contributed by atoms with van der Waals surface area (Å²) in [5, 5.41) is 0. The number of carbonyl (C=O) groups is 1. The predicted octanol–water partition coefficient (Wildman–Crippen LogP) is 1.38. The van der Waals surface area contributed by atoms with E-state index in [2.05, 4.69) is 0 Å². The zero-order valence-corrected chi connectivity index (χ0v) is 6.21. The average molecular weight is 156 g/mol. The van der Waals surface area contributed by atoms with Gasteiger partial charge in [0.1, 0.15) is 18.2 Å². The van der Waals surface area contributed by atoms with Crippen LogP contribution in [0.15, 0.2) is 23.6 Å². The van der Waals surface area contributed by atoms with Gasteiger partial charge in [-0.1, -0.05) is 6.08 Å². The Morgan fingerprint density at radius 2 is 2.55 bits per heavy atom. The fourth-order valence-electron chi connectivity index (χ4n) is 0.958. The molecule has 0 saturated carbocycles. The van der Waals surface area contributed by atoms with Gasteiger partial charge in [0, 0.05) is 12.7 Å². The molecule has 3 heteroatoms. The van der Waals surface area contributed by atoms with Crippen molar-refractivity contribution in [3.8, 4) is 0 Å². The molecule has 0 bridgehead atoms. The number of hydrogen-bond donors (Lipinski definition) is 0. The van der Waals surface area contributed by atoms with E-state index < -0.39 is 6.10 Å². The second kappa shape index (κ2) is 3.44. The lowest BCUT2D eigenvalue weighted by molar-refractivity contribution is -0.104. The monoisotopic (exact) mass is 156 g/mol. The Labute approximate surface area is 64.3 Å². The van der Waals surface area contributed by atoms with Crippen molar-refractivity contribution in [3.05, 3.63) is 23.6 Å². The molecule has 0 aromatic heterocycles. The minimum atomic E-state index is -0.501. The van der Waals surface area contributed by atoms with Gasteiger partial charge in [0.15, 0.2) is 0 Å². The summed E-state index contributed by atoms with van der Waals surface area (Å²) in [5.74, 6) is -0.378. The van der Waals surface area contributed by atoms with Gasteiger partial charge in [-0.3, -0.25) is 4.79 Å². The lowest BCUT2D eigenvalue weighted by Crippen LogP contribution is -2.13. The molecular weight excluding hydrogens is 147 g/mol. The third kappa shape index (κ3) is 1.74. The molecule has 0 heterocycles.